The van der Waals surface area contributed by atoms with Crippen molar-refractivity contribution in [2.24, 2.45) is 5.92 Å². The Bertz CT molecular complexity index is 2410. The van der Waals surface area contributed by atoms with Crippen LogP contribution >= 0.6 is 0 Å². The van der Waals surface area contributed by atoms with Crippen molar-refractivity contribution in [2.45, 2.75) is 182 Å². The third kappa shape index (κ3) is 8.18. The molecule has 2 N–H and O–H groups in total. The second-order valence-corrected chi connectivity index (χ2v) is 21.3. The van der Waals surface area contributed by atoms with E-state index < -0.39 is 0 Å². The quantitative estimate of drug-likeness (QED) is 0.0859. The number of nitrogens with zero attached hydrogens (tertiary/aromatic N) is 2. The number of rotatable bonds is 18. The Morgan fingerprint density at radius 1 is 0.554 bits per heavy atom. The molecule has 4 nitrogen and oxygen atoms in total. The van der Waals surface area contributed by atoms with E-state index in [1.165, 1.54) is 143 Å². The zero-order valence-electron chi connectivity index (χ0n) is 42.5. The van der Waals surface area contributed by atoms with Gasteiger partial charge in [-0.15, -0.1) is 0 Å². The fourth-order valence-electron chi connectivity index (χ4n) is 12.9. The molecule has 0 aliphatic heterocycles. The summed E-state index contributed by atoms with van der Waals surface area (Å²) in [4.78, 5) is 5.30. The average molecular weight is 871 g/mol. The zero-order chi connectivity index (χ0) is 46.3. The highest BCUT2D eigenvalue weighted by atomic mass is 15.2. The molecule has 0 radical (unpaired) electrons. The molecule has 0 saturated heterocycles. The largest absolute Gasteiger partial charge is 0.385 e. The third-order valence-electron chi connectivity index (χ3n) is 17.1. The van der Waals surface area contributed by atoms with Gasteiger partial charge in [0.25, 0.3) is 0 Å². The Morgan fingerprint density at radius 2 is 0.985 bits per heavy atom. The van der Waals surface area contributed by atoms with Gasteiger partial charge in [-0.25, -0.2) is 0 Å². The van der Waals surface area contributed by atoms with E-state index in [-0.39, 0.29) is 16.2 Å². The Morgan fingerprint density at radius 3 is 1.43 bits per heavy atom. The summed E-state index contributed by atoms with van der Waals surface area (Å²) in [6.07, 6.45) is 14.7. The van der Waals surface area contributed by atoms with Crippen molar-refractivity contribution in [1.82, 2.24) is 0 Å². The SMILES string of the molecule is CCCCNc1cc(C)c(N(c2ccc(C(C)(CC)CC)cc2)c2ccc3c(c2)C24CCCC2(CCC4)c2cc(N(c4c(C)cc(NCCCC)cc4C)C(C)C(C)C)ccc2-3)c(C)c1. The summed E-state index contributed by atoms with van der Waals surface area (Å²) in [5.74, 6) is 0.490. The first kappa shape index (κ1) is 46.8. The molecule has 0 heterocycles. The summed E-state index contributed by atoms with van der Waals surface area (Å²) in [5, 5.41) is 7.45. The monoisotopic (exact) mass is 871 g/mol. The molecule has 3 aliphatic rings. The molecule has 3 aliphatic carbocycles. The normalized spacial score (nSPS) is 19.1. The van der Waals surface area contributed by atoms with Crippen molar-refractivity contribution in [3.05, 3.63) is 124 Å². The molecule has 2 fully saturated rings. The van der Waals surface area contributed by atoms with Crippen LogP contribution in [0.3, 0.4) is 0 Å². The summed E-state index contributed by atoms with van der Waals surface area (Å²) < 4.78 is 0. The number of hydrogen-bond donors (Lipinski definition) is 2. The molecule has 346 valence electrons. The van der Waals surface area contributed by atoms with Crippen molar-refractivity contribution in [3.8, 4) is 11.1 Å². The van der Waals surface area contributed by atoms with Crippen LogP contribution < -0.4 is 20.4 Å². The molecule has 4 heteroatoms. The predicted octanol–water partition coefficient (Wildman–Crippen LogP) is 17.6. The summed E-state index contributed by atoms with van der Waals surface area (Å²) >= 11 is 0. The zero-order valence-corrected chi connectivity index (χ0v) is 42.5. The van der Waals surface area contributed by atoms with Crippen LogP contribution in [0.5, 0.6) is 0 Å². The molecule has 0 amide bonds. The molecule has 65 heavy (non-hydrogen) atoms. The summed E-state index contributed by atoms with van der Waals surface area (Å²) in [7, 11) is 0. The molecule has 5 aromatic rings. The minimum absolute atomic E-state index is 0.132. The number of benzene rings is 5. The minimum Gasteiger partial charge on any atom is -0.385 e. The summed E-state index contributed by atoms with van der Waals surface area (Å²) in [5.41, 5.74) is 22.3. The van der Waals surface area contributed by atoms with Crippen molar-refractivity contribution in [3.63, 3.8) is 0 Å². The first-order valence-electron chi connectivity index (χ1n) is 26.0. The fraction of sp³-hybridized carbons (Fsp3) is 0.508. The van der Waals surface area contributed by atoms with Gasteiger partial charge in [-0.05, 0) is 208 Å². The Balaban J connectivity index is 1.28. The number of aryl methyl sites for hydroxylation is 4. The third-order valence-corrected chi connectivity index (χ3v) is 17.1. The lowest BCUT2D eigenvalue weighted by Crippen LogP contribution is -2.44. The lowest BCUT2D eigenvalue weighted by Gasteiger charge is -2.49. The van der Waals surface area contributed by atoms with Gasteiger partial charge in [0.05, 0.1) is 5.69 Å². The maximum Gasteiger partial charge on any atom is 0.0521 e. The number of unbranched alkanes of at least 4 members (excludes halogenated alkanes) is 2. The van der Waals surface area contributed by atoms with Gasteiger partial charge >= 0.3 is 0 Å². The lowest BCUT2D eigenvalue weighted by molar-refractivity contribution is 0.299. The first-order valence-corrected chi connectivity index (χ1v) is 26.0. The maximum absolute atomic E-state index is 3.73. The number of hydrogen-bond acceptors (Lipinski definition) is 4. The molecular formula is C61H82N4. The van der Waals surface area contributed by atoms with E-state index >= 15 is 0 Å². The molecule has 1 unspecified atom stereocenters. The molecule has 2 saturated carbocycles. The van der Waals surface area contributed by atoms with Crippen LogP contribution in [-0.2, 0) is 16.2 Å². The van der Waals surface area contributed by atoms with Gasteiger partial charge in [-0.2, -0.15) is 0 Å². The second kappa shape index (κ2) is 18.9. The summed E-state index contributed by atoms with van der Waals surface area (Å²) in [6.45, 7) is 30.1. The van der Waals surface area contributed by atoms with Crippen LogP contribution in [-0.4, -0.2) is 19.1 Å². The van der Waals surface area contributed by atoms with Crippen LogP contribution in [0, 0.1) is 33.6 Å². The molecule has 5 aromatic carbocycles. The van der Waals surface area contributed by atoms with Crippen LogP contribution in [0.25, 0.3) is 11.1 Å². The number of fused-ring (bicyclic) bond motifs is 3. The molecular weight excluding hydrogens is 789 g/mol. The van der Waals surface area contributed by atoms with Crippen molar-refractivity contribution < 1.29 is 0 Å². The van der Waals surface area contributed by atoms with Gasteiger partial charge in [0.2, 0.25) is 0 Å². The molecule has 0 aromatic heterocycles. The topological polar surface area (TPSA) is 30.5 Å². The van der Waals surface area contributed by atoms with E-state index in [1.54, 1.807) is 11.1 Å². The predicted molar refractivity (Wildman–Crippen MR) is 284 cm³/mol. The van der Waals surface area contributed by atoms with Gasteiger partial charge in [0, 0.05) is 64.1 Å². The maximum atomic E-state index is 3.73. The number of nitrogens with one attached hydrogen (secondary N) is 2. The first-order chi connectivity index (χ1) is 31.3. The van der Waals surface area contributed by atoms with E-state index in [9.17, 15) is 0 Å². The standard InChI is InChI=1S/C61H82N4/c1-13-17-33-62-48-35-42(7)57(43(8)36-48)64(46(11)41(5)6)51-25-27-53-54-28-26-52(40-56(54)61-31-19-29-60(61,30-20-32-61)55(53)39-51)65(50-23-21-47(22-24-50)59(12,15-3)16-4)58-44(9)37-49(38-45(58)10)63-34-18-14-2/h21-28,35-41,46,62-63H,13-20,29-34H2,1-12H3. The van der Waals surface area contributed by atoms with E-state index in [2.05, 4.69) is 188 Å². The van der Waals surface area contributed by atoms with Gasteiger partial charge in [-0.1, -0.05) is 98.4 Å². The van der Waals surface area contributed by atoms with Crippen LogP contribution in [0.1, 0.15) is 171 Å². The molecule has 0 spiro atoms. The Hall–Kier alpha value is -4.70. The molecule has 1 atom stereocenters. The van der Waals surface area contributed by atoms with Gasteiger partial charge in [0.15, 0.2) is 0 Å². The number of anilines is 7. The van der Waals surface area contributed by atoms with E-state index in [0.29, 0.717) is 12.0 Å². The second-order valence-electron chi connectivity index (χ2n) is 21.3. The molecule has 8 rings (SSSR count). The van der Waals surface area contributed by atoms with Crippen LogP contribution in [0.2, 0.25) is 0 Å². The Kier molecular flexibility index (Phi) is 13.6. The fourth-order valence-corrected chi connectivity index (χ4v) is 12.9. The van der Waals surface area contributed by atoms with Crippen molar-refractivity contribution in [1.29, 1.82) is 0 Å². The van der Waals surface area contributed by atoms with Crippen molar-refractivity contribution >= 4 is 39.8 Å². The smallest absolute Gasteiger partial charge is 0.0521 e. The van der Waals surface area contributed by atoms with Gasteiger partial charge in [0.1, 0.15) is 0 Å². The van der Waals surface area contributed by atoms with Crippen LogP contribution in [0.15, 0.2) is 84.9 Å². The highest BCUT2D eigenvalue weighted by Crippen LogP contribution is 2.70. The average Bonchev–Trinajstić information content (AvgIpc) is 3.87. The van der Waals surface area contributed by atoms with Gasteiger partial charge < -0.3 is 20.4 Å². The minimum atomic E-state index is 0.132. The summed E-state index contributed by atoms with van der Waals surface area (Å²) in [6, 6.07) is 34.8. The van der Waals surface area contributed by atoms with E-state index in [1.807, 2.05) is 0 Å². The van der Waals surface area contributed by atoms with Gasteiger partial charge in [-0.3, -0.25) is 0 Å². The van der Waals surface area contributed by atoms with E-state index in [0.717, 1.165) is 25.9 Å². The van der Waals surface area contributed by atoms with Crippen LogP contribution in [0.4, 0.5) is 39.8 Å². The van der Waals surface area contributed by atoms with Crippen molar-refractivity contribution in [2.75, 3.05) is 33.5 Å². The lowest BCUT2D eigenvalue weighted by atomic mass is 9.55. The Labute approximate surface area is 395 Å². The van der Waals surface area contributed by atoms with E-state index in [4.69, 9.17) is 0 Å². The highest BCUT2D eigenvalue weighted by Gasteiger charge is 2.62. The molecule has 0 bridgehead atoms. The highest BCUT2D eigenvalue weighted by molar-refractivity contribution is 5.88.